The predicted octanol–water partition coefficient (Wildman–Crippen LogP) is -2.92. The maximum Gasteiger partial charge on any atom is 0.330 e. The van der Waals surface area contributed by atoms with Gasteiger partial charge in [-0.05, 0) is 42.0 Å². The van der Waals surface area contributed by atoms with E-state index in [0.29, 0.717) is 5.56 Å². The van der Waals surface area contributed by atoms with Crippen LogP contribution in [0.25, 0.3) is 28.4 Å². The van der Waals surface area contributed by atoms with Crippen LogP contribution in [0.5, 0.6) is 34.5 Å². The molecule has 0 saturated carbocycles. The number of fused-ring (bicyclic) bond motifs is 1. The maximum atomic E-state index is 14.2. The molecule has 3 aromatic carbocycles. The quantitative estimate of drug-likeness (QED) is 0.0363. The zero-order valence-corrected chi connectivity index (χ0v) is 34.0. The number of aromatic hydroxyl groups is 5. The molecule has 24 heteroatoms. The SMILES string of the molecule is O=C(C=Cc1ccc(O)cc1)OCC1OC(OC2C(OC3C(Oc4c(-c5ccc(O)c(O)c5)oc5cc(O)cc(O)c5c4=O)OC(CO)C(O)C3O)OC(CO)C(O)C2O)C(O)C(O)C1O. The van der Waals surface area contributed by atoms with Crippen LogP contribution in [-0.2, 0) is 33.2 Å². The minimum absolute atomic E-state index is 0.0134. The highest BCUT2D eigenvalue weighted by Gasteiger charge is 2.55. The molecule has 66 heavy (non-hydrogen) atoms. The number of phenols is 5. The van der Waals surface area contributed by atoms with Crippen LogP contribution in [0.15, 0.2) is 69.9 Å². The van der Waals surface area contributed by atoms with Gasteiger partial charge in [0, 0.05) is 23.8 Å². The topological polar surface area (TPSA) is 395 Å². The van der Waals surface area contributed by atoms with Crippen LogP contribution in [0.4, 0.5) is 0 Å². The second-order valence-corrected chi connectivity index (χ2v) is 15.4. The predicted molar refractivity (Wildman–Crippen MR) is 215 cm³/mol. The molecule has 0 spiro atoms. The Morgan fingerprint density at radius 3 is 1.83 bits per heavy atom. The van der Waals surface area contributed by atoms with Gasteiger partial charge in [-0.15, -0.1) is 0 Å². The van der Waals surface area contributed by atoms with E-state index in [4.69, 9.17) is 37.6 Å². The summed E-state index contributed by atoms with van der Waals surface area (Å²) in [5.41, 5.74) is -1.21. The monoisotopic (exact) mass is 934 g/mol. The van der Waals surface area contributed by atoms with Crippen molar-refractivity contribution < 1.29 is 114 Å². The summed E-state index contributed by atoms with van der Waals surface area (Å²) in [7, 11) is 0. The molecule has 3 aliphatic heterocycles. The first-order valence-electron chi connectivity index (χ1n) is 20.0. The van der Waals surface area contributed by atoms with Crippen LogP contribution in [0.3, 0.4) is 0 Å². The van der Waals surface area contributed by atoms with Gasteiger partial charge in [0.2, 0.25) is 17.5 Å². The number of aliphatic hydroxyl groups excluding tert-OH is 9. The number of rotatable bonds is 13. The Morgan fingerprint density at radius 2 is 1.20 bits per heavy atom. The van der Waals surface area contributed by atoms with Gasteiger partial charge < -0.3 is 109 Å². The zero-order chi connectivity index (χ0) is 47.7. The number of aliphatic hydroxyl groups is 9. The second kappa shape index (κ2) is 20.0. The standard InChI is InChI=1S/C42H46O24/c43-12-23-29(52)34(57)39(41(61-23)64-37-31(54)27-21(49)10-18(46)11-22(27)60-36(37)16-4-7-19(47)20(48)9-16)66-42-38(33(56)28(51)24(13-44)62-42)65-40-35(58)32(55)30(53)25(63-40)14-59-26(50)8-3-15-1-5-17(45)6-2-15/h1-11,23-25,28-30,32-35,38-49,51-53,55-58H,12-14H2. The largest absolute Gasteiger partial charge is 0.508 e. The number of phenolic OH excluding ortho intramolecular Hbond substituents is 5. The third-order valence-corrected chi connectivity index (χ3v) is 11.0. The number of benzene rings is 3. The zero-order valence-electron chi connectivity index (χ0n) is 34.0. The van der Waals surface area contributed by atoms with Crippen molar-refractivity contribution in [2.45, 2.75) is 92.1 Å². The molecule has 24 nitrogen and oxygen atoms in total. The summed E-state index contributed by atoms with van der Waals surface area (Å²) in [6, 6.07) is 10.7. The lowest BCUT2D eigenvalue weighted by Crippen LogP contribution is -2.67. The van der Waals surface area contributed by atoms with Crippen molar-refractivity contribution in [1.29, 1.82) is 0 Å². The van der Waals surface area contributed by atoms with Gasteiger partial charge in [0.1, 0.15) is 102 Å². The van der Waals surface area contributed by atoms with Gasteiger partial charge in [-0.1, -0.05) is 12.1 Å². The van der Waals surface area contributed by atoms with E-state index >= 15 is 0 Å². The van der Waals surface area contributed by atoms with Gasteiger partial charge in [0.05, 0.1) is 13.2 Å². The third-order valence-electron chi connectivity index (χ3n) is 11.0. The van der Waals surface area contributed by atoms with Crippen LogP contribution in [0.2, 0.25) is 0 Å². The van der Waals surface area contributed by atoms with Crippen molar-refractivity contribution in [3.05, 3.63) is 76.5 Å². The van der Waals surface area contributed by atoms with Gasteiger partial charge >= 0.3 is 5.97 Å². The van der Waals surface area contributed by atoms with Crippen LogP contribution in [0, 0.1) is 0 Å². The van der Waals surface area contributed by atoms with Gasteiger partial charge in [-0.3, -0.25) is 4.79 Å². The van der Waals surface area contributed by atoms with Crippen LogP contribution in [0.1, 0.15) is 5.56 Å². The van der Waals surface area contributed by atoms with E-state index in [1.165, 1.54) is 36.4 Å². The Morgan fingerprint density at radius 1 is 0.606 bits per heavy atom. The maximum absolute atomic E-state index is 14.2. The normalized spacial score (nSPS) is 32.7. The summed E-state index contributed by atoms with van der Waals surface area (Å²) in [6.45, 7) is -2.70. The molecule has 0 radical (unpaired) electrons. The molecule has 4 aromatic rings. The van der Waals surface area contributed by atoms with Crippen molar-refractivity contribution in [2.24, 2.45) is 0 Å². The lowest BCUT2D eigenvalue weighted by molar-refractivity contribution is -0.389. The highest BCUT2D eigenvalue weighted by Crippen LogP contribution is 2.40. The molecule has 0 bridgehead atoms. The lowest BCUT2D eigenvalue weighted by atomic mass is 9.96. The molecular weight excluding hydrogens is 888 g/mol. The smallest absolute Gasteiger partial charge is 0.330 e. The van der Waals surface area contributed by atoms with Gasteiger partial charge in [0.25, 0.3) is 0 Å². The fourth-order valence-electron chi connectivity index (χ4n) is 7.39. The minimum Gasteiger partial charge on any atom is -0.508 e. The second-order valence-electron chi connectivity index (χ2n) is 15.4. The lowest BCUT2D eigenvalue weighted by Gasteiger charge is -2.48. The average Bonchev–Trinajstić information content (AvgIpc) is 3.29. The summed E-state index contributed by atoms with van der Waals surface area (Å²) in [5.74, 6) is -4.96. The van der Waals surface area contributed by atoms with E-state index < -0.39 is 169 Å². The van der Waals surface area contributed by atoms with Crippen molar-refractivity contribution >= 4 is 23.0 Å². The Hall–Kier alpha value is -5.68. The number of esters is 1. The van der Waals surface area contributed by atoms with E-state index in [1.807, 2.05) is 0 Å². The number of carbonyl (C=O) groups excluding carboxylic acids is 1. The van der Waals surface area contributed by atoms with Gasteiger partial charge in [-0.2, -0.15) is 0 Å². The molecule has 1 aromatic heterocycles. The summed E-state index contributed by atoms with van der Waals surface area (Å²) < 4.78 is 45.9. The number of hydrogen-bond acceptors (Lipinski definition) is 24. The van der Waals surface area contributed by atoms with Crippen molar-refractivity contribution in [3.8, 4) is 45.8 Å². The van der Waals surface area contributed by atoms with E-state index in [2.05, 4.69) is 0 Å². The van der Waals surface area contributed by atoms with E-state index in [9.17, 15) is 81.1 Å². The number of hydrogen-bond donors (Lipinski definition) is 14. The Kier molecular flexibility index (Phi) is 14.7. The Labute approximate surface area is 370 Å². The fraction of sp³-hybridized carbons (Fsp3) is 0.429. The first-order valence-corrected chi connectivity index (χ1v) is 20.0. The summed E-state index contributed by atoms with van der Waals surface area (Å²) in [4.78, 5) is 26.7. The fourth-order valence-corrected chi connectivity index (χ4v) is 7.39. The number of ether oxygens (including phenoxy) is 7. The first kappa shape index (κ1) is 48.3. The Bertz CT molecular complexity index is 2420. The van der Waals surface area contributed by atoms with Crippen molar-refractivity contribution in [2.75, 3.05) is 19.8 Å². The van der Waals surface area contributed by atoms with Crippen LogP contribution < -0.4 is 10.2 Å². The van der Waals surface area contributed by atoms with E-state index in [0.717, 1.165) is 30.3 Å². The molecule has 3 aliphatic rings. The first-order chi connectivity index (χ1) is 31.4. The Balaban J connectivity index is 1.19. The molecule has 15 unspecified atom stereocenters. The summed E-state index contributed by atoms with van der Waals surface area (Å²) >= 11 is 0. The molecule has 4 heterocycles. The van der Waals surface area contributed by atoms with Crippen LogP contribution in [-0.4, -0.2) is 189 Å². The van der Waals surface area contributed by atoms with E-state index in [-0.39, 0.29) is 11.3 Å². The van der Waals surface area contributed by atoms with E-state index in [1.54, 1.807) is 0 Å². The average molecular weight is 935 g/mol. The summed E-state index contributed by atoms with van der Waals surface area (Å²) in [5, 5.41) is 147. The number of carbonyl (C=O) groups is 1. The van der Waals surface area contributed by atoms with Crippen LogP contribution >= 0.6 is 0 Å². The molecule has 3 saturated heterocycles. The van der Waals surface area contributed by atoms with Crippen molar-refractivity contribution in [3.63, 3.8) is 0 Å². The van der Waals surface area contributed by atoms with Gasteiger partial charge in [-0.25, -0.2) is 4.79 Å². The molecular formula is C42H46O24. The highest BCUT2D eigenvalue weighted by molar-refractivity contribution is 5.88. The molecule has 14 N–H and O–H groups in total. The molecule has 358 valence electrons. The minimum atomic E-state index is -2.17. The third kappa shape index (κ3) is 9.87. The van der Waals surface area contributed by atoms with Gasteiger partial charge in [0.15, 0.2) is 35.9 Å². The molecule has 3 fully saturated rings. The summed E-state index contributed by atoms with van der Waals surface area (Å²) in [6.07, 6.45) is -27.5. The van der Waals surface area contributed by atoms with Crippen molar-refractivity contribution in [1.82, 2.24) is 0 Å². The molecule has 7 rings (SSSR count). The molecule has 0 aliphatic carbocycles. The highest BCUT2D eigenvalue weighted by atomic mass is 16.8. The molecule has 15 atom stereocenters. The molecule has 0 amide bonds.